The summed E-state index contributed by atoms with van der Waals surface area (Å²) < 4.78 is 37.2. The molecule has 142 valence electrons. The summed E-state index contributed by atoms with van der Waals surface area (Å²) in [6, 6.07) is 0. The van der Waals surface area contributed by atoms with Gasteiger partial charge in [0.25, 0.3) is 0 Å². The SMILES string of the molecule is CC(C)CCO[C@@H](C)C(=O)NCCS(=O)(=O)N1C[C@@H](C)O[C@@H](C)C1. The fourth-order valence-electron chi connectivity index (χ4n) is 2.49. The molecule has 8 heteroatoms. The molecule has 1 rings (SSSR count). The second-order valence-corrected chi connectivity index (χ2v) is 8.97. The van der Waals surface area contributed by atoms with E-state index in [4.69, 9.17) is 9.47 Å². The van der Waals surface area contributed by atoms with Crippen molar-refractivity contribution in [3.63, 3.8) is 0 Å². The summed E-state index contributed by atoms with van der Waals surface area (Å²) in [6.07, 6.45) is 0.0780. The Morgan fingerprint density at radius 3 is 2.38 bits per heavy atom. The van der Waals surface area contributed by atoms with E-state index >= 15 is 0 Å². The number of sulfonamides is 1. The van der Waals surface area contributed by atoms with Crippen LogP contribution in [-0.2, 0) is 24.3 Å². The van der Waals surface area contributed by atoms with E-state index in [1.54, 1.807) is 6.92 Å². The molecule has 0 aromatic rings. The number of hydrogen-bond acceptors (Lipinski definition) is 5. The monoisotopic (exact) mass is 364 g/mol. The highest BCUT2D eigenvalue weighted by molar-refractivity contribution is 7.89. The van der Waals surface area contributed by atoms with Crippen molar-refractivity contribution in [3.05, 3.63) is 0 Å². The molecular formula is C16H32N2O5S. The summed E-state index contributed by atoms with van der Waals surface area (Å²) in [5, 5.41) is 2.64. The van der Waals surface area contributed by atoms with Gasteiger partial charge in [0.05, 0.1) is 18.0 Å². The molecular weight excluding hydrogens is 332 g/mol. The molecule has 1 aliphatic heterocycles. The Bertz CT molecular complexity index is 485. The Balaban J connectivity index is 2.35. The third-order valence-corrected chi connectivity index (χ3v) is 5.68. The number of nitrogens with zero attached hydrogens (tertiary/aromatic N) is 1. The zero-order chi connectivity index (χ0) is 18.3. The van der Waals surface area contributed by atoms with Crippen molar-refractivity contribution >= 4 is 15.9 Å². The zero-order valence-electron chi connectivity index (χ0n) is 15.4. The van der Waals surface area contributed by atoms with Crippen LogP contribution in [-0.4, -0.2) is 68.9 Å². The van der Waals surface area contributed by atoms with Crippen molar-refractivity contribution in [3.8, 4) is 0 Å². The summed E-state index contributed by atoms with van der Waals surface area (Å²) >= 11 is 0. The second kappa shape index (κ2) is 9.70. The number of amides is 1. The Morgan fingerprint density at radius 2 is 1.83 bits per heavy atom. The standard InChI is InChI=1S/C16H32N2O5S/c1-12(2)6-8-22-15(5)16(19)17-7-9-24(20,21)18-10-13(3)23-14(4)11-18/h12-15H,6-11H2,1-5H3,(H,17,19)/t13-,14+,15-/m0/s1. The fourth-order valence-corrected chi connectivity index (χ4v) is 3.98. The maximum absolute atomic E-state index is 12.4. The largest absolute Gasteiger partial charge is 0.373 e. The van der Waals surface area contributed by atoms with Crippen LogP contribution in [0.4, 0.5) is 0 Å². The van der Waals surface area contributed by atoms with Gasteiger partial charge in [-0.1, -0.05) is 13.8 Å². The van der Waals surface area contributed by atoms with Gasteiger partial charge in [-0.3, -0.25) is 4.79 Å². The smallest absolute Gasteiger partial charge is 0.248 e. The third-order valence-electron chi connectivity index (χ3n) is 3.87. The summed E-state index contributed by atoms with van der Waals surface area (Å²) in [5.74, 6) is 0.123. The number of carbonyl (C=O) groups excluding carboxylic acids is 1. The average molecular weight is 365 g/mol. The number of nitrogens with one attached hydrogen (secondary N) is 1. The van der Waals surface area contributed by atoms with E-state index < -0.39 is 16.1 Å². The Labute approximate surface area is 146 Å². The van der Waals surface area contributed by atoms with Crippen LogP contribution >= 0.6 is 0 Å². The molecule has 1 saturated heterocycles. The van der Waals surface area contributed by atoms with Gasteiger partial charge < -0.3 is 14.8 Å². The molecule has 1 fully saturated rings. The minimum Gasteiger partial charge on any atom is -0.373 e. The van der Waals surface area contributed by atoms with Gasteiger partial charge in [-0.25, -0.2) is 8.42 Å². The van der Waals surface area contributed by atoms with Crippen LogP contribution in [0.2, 0.25) is 0 Å². The van der Waals surface area contributed by atoms with Crippen molar-refractivity contribution in [1.82, 2.24) is 9.62 Å². The second-order valence-electron chi connectivity index (χ2n) is 6.88. The lowest BCUT2D eigenvalue weighted by molar-refractivity contribution is -0.131. The highest BCUT2D eigenvalue weighted by Crippen LogP contribution is 2.14. The quantitative estimate of drug-likeness (QED) is 0.660. The molecule has 0 aromatic carbocycles. The van der Waals surface area contributed by atoms with Crippen LogP contribution in [0.3, 0.4) is 0 Å². The third kappa shape index (κ3) is 7.46. The summed E-state index contributed by atoms with van der Waals surface area (Å²) in [7, 11) is -3.40. The molecule has 1 heterocycles. The molecule has 0 radical (unpaired) electrons. The van der Waals surface area contributed by atoms with E-state index in [9.17, 15) is 13.2 Å². The van der Waals surface area contributed by atoms with Crippen LogP contribution in [0.5, 0.6) is 0 Å². The Hall–Kier alpha value is -0.700. The van der Waals surface area contributed by atoms with Crippen molar-refractivity contribution in [2.75, 3.05) is 32.0 Å². The highest BCUT2D eigenvalue weighted by Gasteiger charge is 2.30. The van der Waals surface area contributed by atoms with E-state index in [1.165, 1.54) is 4.31 Å². The maximum Gasteiger partial charge on any atom is 0.248 e. The van der Waals surface area contributed by atoms with E-state index in [0.29, 0.717) is 25.6 Å². The zero-order valence-corrected chi connectivity index (χ0v) is 16.3. The van der Waals surface area contributed by atoms with E-state index in [-0.39, 0.29) is 30.4 Å². The summed E-state index contributed by atoms with van der Waals surface area (Å²) in [6.45, 7) is 10.9. The summed E-state index contributed by atoms with van der Waals surface area (Å²) in [4.78, 5) is 11.9. The minimum absolute atomic E-state index is 0.0825. The number of hydrogen-bond donors (Lipinski definition) is 1. The van der Waals surface area contributed by atoms with Crippen molar-refractivity contribution in [2.45, 2.75) is 59.4 Å². The first kappa shape index (κ1) is 21.3. The van der Waals surface area contributed by atoms with Crippen molar-refractivity contribution < 1.29 is 22.7 Å². The normalized spacial score (nSPS) is 24.1. The molecule has 0 aliphatic carbocycles. The minimum atomic E-state index is -3.40. The summed E-state index contributed by atoms with van der Waals surface area (Å²) in [5.41, 5.74) is 0. The van der Waals surface area contributed by atoms with Gasteiger partial charge in [-0.15, -0.1) is 0 Å². The molecule has 1 N–H and O–H groups in total. The van der Waals surface area contributed by atoms with Crippen molar-refractivity contribution in [1.29, 1.82) is 0 Å². The lowest BCUT2D eigenvalue weighted by Gasteiger charge is -2.34. The van der Waals surface area contributed by atoms with Gasteiger partial charge >= 0.3 is 0 Å². The molecule has 0 unspecified atom stereocenters. The topological polar surface area (TPSA) is 84.9 Å². The van der Waals surface area contributed by atoms with Gasteiger partial charge in [-0.2, -0.15) is 4.31 Å². The molecule has 0 spiro atoms. The first-order valence-electron chi connectivity index (χ1n) is 8.64. The van der Waals surface area contributed by atoms with Gasteiger partial charge in [0.1, 0.15) is 6.10 Å². The van der Waals surface area contributed by atoms with Gasteiger partial charge in [0, 0.05) is 26.2 Å². The first-order valence-corrected chi connectivity index (χ1v) is 10.2. The van der Waals surface area contributed by atoms with E-state index in [1.807, 2.05) is 13.8 Å². The van der Waals surface area contributed by atoms with Crippen LogP contribution in [0.1, 0.15) is 41.0 Å². The Morgan fingerprint density at radius 1 is 1.25 bits per heavy atom. The predicted octanol–water partition coefficient (Wildman–Crippen LogP) is 0.993. The lowest BCUT2D eigenvalue weighted by atomic mass is 10.1. The van der Waals surface area contributed by atoms with Crippen LogP contribution < -0.4 is 5.32 Å². The molecule has 7 nitrogen and oxygen atoms in total. The number of morpholine rings is 1. The van der Waals surface area contributed by atoms with Gasteiger partial charge in [0.2, 0.25) is 15.9 Å². The fraction of sp³-hybridized carbons (Fsp3) is 0.938. The van der Waals surface area contributed by atoms with Crippen molar-refractivity contribution in [2.24, 2.45) is 5.92 Å². The Kier molecular flexibility index (Phi) is 8.62. The van der Waals surface area contributed by atoms with Gasteiger partial charge in [0.15, 0.2) is 0 Å². The molecule has 0 saturated carbocycles. The van der Waals surface area contributed by atoms with E-state index in [2.05, 4.69) is 19.2 Å². The van der Waals surface area contributed by atoms with Crippen LogP contribution in [0, 0.1) is 5.92 Å². The molecule has 0 aromatic heterocycles. The molecule has 1 amide bonds. The molecule has 24 heavy (non-hydrogen) atoms. The number of carbonyl (C=O) groups is 1. The average Bonchev–Trinajstić information content (AvgIpc) is 2.45. The predicted molar refractivity (Wildman–Crippen MR) is 93.2 cm³/mol. The van der Waals surface area contributed by atoms with Gasteiger partial charge in [-0.05, 0) is 33.1 Å². The lowest BCUT2D eigenvalue weighted by Crippen LogP contribution is -2.50. The van der Waals surface area contributed by atoms with Crippen LogP contribution in [0.25, 0.3) is 0 Å². The molecule has 0 bridgehead atoms. The van der Waals surface area contributed by atoms with E-state index in [0.717, 1.165) is 6.42 Å². The first-order chi connectivity index (χ1) is 11.1. The number of rotatable bonds is 9. The molecule has 3 atom stereocenters. The molecule has 1 aliphatic rings. The number of ether oxygens (including phenoxy) is 2. The van der Waals surface area contributed by atoms with Crippen LogP contribution in [0.15, 0.2) is 0 Å². The highest BCUT2D eigenvalue weighted by atomic mass is 32.2. The maximum atomic E-state index is 12.4.